The number of hydrogen-bond acceptors (Lipinski definition) is 5. The highest BCUT2D eigenvalue weighted by Gasteiger charge is 2.27. The summed E-state index contributed by atoms with van der Waals surface area (Å²) in [6.45, 7) is 5.24. The van der Waals surface area contributed by atoms with Crippen LogP contribution in [0.15, 0.2) is 29.1 Å². The third kappa shape index (κ3) is 3.88. The maximum atomic E-state index is 12.6. The van der Waals surface area contributed by atoms with E-state index in [0.717, 1.165) is 11.1 Å². The van der Waals surface area contributed by atoms with Gasteiger partial charge in [-0.15, -0.1) is 0 Å². The van der Waals surface area contributed by atoms with Crippen molar-refractivity contribution in [1.82, 2.24) is 15.1 Å². The summed E-state index contributed by atoms with van der Waals surface area (Å²) in [6, 6.07) is 7.18. The first-order valence-corrected chi connectivity index (χ1v) is 8.55. The van der Waals surface area contributed by atoms with Gasteiger partial charge in [-0.3, -0.25) is 9.59 Å². The first kappa shape index (κ1) is 17.6. The zero-order chi connectivity index (χ0) is 17.8. The first-order valence-electron chi connectivity index (χ1n) is 8.55. The molecule has 1 amide bonds. The molecule has 0 saturated carbocycles. The third-order valence-electron chi connectivity index (χ3n) is 4.38. The smallest absolute Gasteiger partial charge is 0.275 e. The summed E-state index contributed by atoms with van der Waals surface area (Å²) >= 11 is 0. The Morgan fingerprint density at radius 1 is 1.40 bits per heavy atom. The molecule has 7 heteroatoms. The lowest BCUT2D eigenvalue weighted by atomic mass is 10.1. The van der Waals surface area contributed by atoms with Crippen molar-refractivity contribution in [2.75, 3.05) is 19.8 Å². The molecule has 1 saturated heterocycles. The number of aromatic nitrogens is 2. The zero-order valence-corrected chi connectivity index (χ0v) is 14.5. The minimum absolute atomic E-state index is 0.110. The highest BCUT2D eigenvalue weighted by Crippen LogP contribution is 2.13. The Bertz CT molecular complexity index is 816. The van der Waals surface area contributed by atoms with E-state index in [0.29, 0.717) is 31.6 Å². The second-order valence-electron chi connectivity index (χ2n) is 6.13. The van der Waals surface area contributed by atoms with E-state index < -0.39 is 0 Å². The van der Waals surface area contributed by atoms with Crippen LogP contribution in [0, 0.1) is 6.92 Å². The number of aryl methyl sites for hydroxylation is 1. The Hall–Kier alpha value is -2.25. The molecule has 2 atom stereocenters. The fraction of sp³-hybridized carbons (Fsp3) is 0.500. The van der Waals surface area contributed by atoms with Gasteiger partial charge in [0.15, 0.2) is 0 Å². The van der Waals surface area contributed by atoms with Crippen molar-refractivity contribution in [2.45, 2.75) is 39.0 Å². The van der Waals surface area contributed by atoms with E-state index in [-0.39, 0.29) is 30.2 Å². The van der Waals surface area contributed by atoms with E-state index >= 15 is 0 Å². The molecule has 2 aromatic rings. The molecule has 1 N–H and O–H groups in total. The maximum Gasteiger partial charge on any atom is 0.275 e. The third-order valence-corrected chi connectivity index (χ3v) is 4.38. The van der Waals surface area contributed by atoms with Gasteiger partial charge in [-0.1, -0.05) is 18.2 Å². The molecule has 134 valence electrons. The molecule has 0 bridgehead atoms. The van der Waals surface area contributed by atoms with Crippen LogP contribution < -0.4 is 10.9 Å². The monoisotopic (exact) mass is 345 g/mol. The predicted molar refractivity (Wildman–Crippen MR) is 93.5 cm³/mol. The number of hydrogen-bond donors (Lipinski definition) is 1. The molecule has 1 aromatic heterocycles. The number of carbonyl (C=O) groups excluding carboxylic acids is 1. The zero-order valence-electron chi connectivity index (χ0n) is 14.5. The van der Waals surface area contributed by atoms with Gasteiger partial charge in [0.2, 0.25) is 5.91 Å². The van der Waals surface area contributed by atoms with Gasteiger partial charge in [0, 0.05) is 18.6 Å². The van der Waals surface area contributed by atoms with Gasteiger partial charge in [0.25, 0.3) is 5.56 Å². The van der Waals surface area contributed by atoms with Crippen LogP contribution in [0.1, 0.15) is 19.0 Å². The number of fused-ring (bicyclic) bond motifs is 1. The Labute approximate surface area is 145 Å². The molecule has 0 radical (unpaired) electrons. The summed E-state index contributed by atoms with van der Waals surface area (Å²) in [5, 5.41) is 8.61. The lowest BCUT2D eigenvalue weighted by Gasteiger charge is -2.31. The van der Waals surface area contributed by atoms with Gasteiger partial charge in [-0.05, 0) is 26.3 Å². The number of rotatable bonds is 5. The van der Waals surface area contributed by atoms with E-state index in [1.54, 1.807) is 6.07 Å². The van der Waals surface area contributed by atoms with E-state index in [1.165, 1.54) is 4.68 Å². The number of ether oxygens (including phenoxy) is 2. The number of carbonyl (C=O) groups is 1. The van der Waals surface area contributed by atoms with Crippen molar-refractivity contribution in [2.24, 2.45) is 0 Å². The van der Waals surface area contributed by atoms with Crippen LogP contribution in [-0.4, -0.2) is 47.7 Å². The maximum absolute atomic E-state index is 12.6. The van der Waals surface area contributed by atoms with Crippen molar-refractivity contribution < 1.29 is 14.3 Å². The van der Waals surface area contributed by atoms with Gasteiger partial charge in [-0.25, -0.2) is 4.68 Å². The van der Waals surface area contributed by atoms with Gasteiger partial charge in [-0.2, -0.15) is 5.10 Å². The quantitative estimate of drug-likeness (QED) is 0.875. The summed E-state index contributed by atoms with van der Waals surface area (Å²) in [6.07, 6.45) is 0.529. The second kappa shape index (κ2) is 7.76. The largest absolute Gasteiger partial charge is 0.379 e. The second-order valence-corrected chi connectivity index (χ2v) is 6.13. The van der Waals surface area contributed by atoms with Crippen LogP contribution in [0.2, 0.25) is 0 Å². The van der Waals surface area contributed by atoms with Crippen molar-refractivity contribution in [3.05, 3.63) is 40.3 Å². The molecule has 0 spiro atoms. The minimum Gasteiger partial charge on any atom is -0.379 e. The van der Waals surface area contributed by atoms with Gasteiger partial charge in [0.05, 0.1) is 23.7 Å². The van der Waals surface area contributed by atoms with Crippen LogP contribution in [0.25, 0.3) is 10.8 Å². The van der Waals surface area contributed by atoms with Crippen molar-refractivity contribution in [1.29, 1.82) is 0 Å². The Balaban J connectivity index is 1.76. The number of benzene rings is 1. The molecule has 1 aliphatic rings. The molecule has 7 nitrogen and oxygen atoms in total. The van der Waals surface area contributed by atoms with Crippen molar-refractivity contribution in [3.63, 3.8) is 0 Å². The normalized spacial score (nSPS) is 20.6. The molecule has 1 aromatic carbocycles. The molecule has 0 aliphatic carbocycles. The number of amides is 1. The predicted octanol–water partition coefficient (Wildman–Crippen LogP) is 1.02. The highest BCUT2D eigenvalue weighted by molar-refractivity contribution is 5.83. The van der Waals surface area contributed by atoms with E-state index in [4.69, 9.17) is 9.47 Å². The molecule has 1 aliphatic heterocycles. The summed E-state index contributed by atoms with van der Waals surface area (Å²) < 4.78 is 12.3. The lowest BCUT2D eigenvalue weighted by Crippen LogP contribution is -2.51. The van der Waals surface area contributed by atoms with Crippen LogP contribution in [0.4, 0.5) is 0 Å². The van der Waals surface area contributed by atoms with Gasteiger partial charge < -0.3 is 14.8 Å². The molecular weight excluding hydrogens is 322 g/mol. The number of nitrogens with zero attached hydrogens (tertiary/aromatic N) is 2. The van der Waals surface area contributed by atoms with Gasteiger partial charge in [0.1, 0.15) is 12.6 Å². The van der Waals surface area contributed by atoms with Crippen molar-refractivity contribution >= 4 is 16.7 Å². The molecule has 3 rings (SSSR count). The molecule has 2 heterocycles. The van der Waals surface area contributed by atoms with E-state index in [9.17, 15) is 9.59 Å². The Morgan fingerprint density at radius 2 is 2.16 bits per heavy atom. The number of nitrogens with one attached hydrogen (secondary N) is 1. The van der Waals surface area contributed by atoms with E-state index in [1.807, 2.05) is 32.0 Å². The Morgan fingerprint density at radius 3 is 2.92 bits per heavy atom. The van der Waals surface area contributed by atoms with Gasteiger partial charge >= 0.3 is 0 Å². The molecular formula is C18H23N3O4. The molecule has 1 fully saturated rings. The lowest BCUT2D eigenvalue weighted by molar-refractivity contribution is -0.126. The van der Waals surface area contributed by atoms with Crippen LogP contribution in [-0.2, 0) is 20.8 Å². The standard InChI is InChI=1S/C18H23N3O4/c1-3-25-16-11-24-9-8-15(16)19-17(22)10-21-18(23)14-7-5-4-6-13(14)12(2)20-21/h4-7,15-16H,3,8-11H2,1-2H3,(H,19,22)/t15-,16-/m1/s1. The SMILES string of the molecule is CCO[C@@H]1COCC[C@H]1NC(=O)Cn1nc(C)c2ccccc2c1=O. The molecule has 25 heavy (non-hydrogen) atoms. The van der Waals surface area contributed by atoms with Crippen LogP contribution in [0.3, 0.4) is 0 Å². The fourth-order valence-electron chi connectivity index (χ4n) is 3.16. The first-order chi connectivity index (χ1) is 12.1. The summed E-state index contributed by atoms with van der Waals surface area (Å²) in [7, 11) is 0. The summed E-state index contributed by atoms with van der Waals surface area (Å²) in [4.78, 5) is 25.0. The van der Waals surface area contributed by atoms with Crippen molar-refractivity contribution in [3.8, 4) is 0 Å². The highest BCUT2D eigenvalue weighted by atomic mass is 16.5. The van der Waals surface area contributed by atoms with Crippen LogP contribution >= 0.6 is 0 Å². The average molecular weight is 345 g/mol. The minimum atomic E-state index is -0.260. The summed E-state index contributed by atoms with van der Waals surface area (Å²) in [5.41, 5.74) is 0.464. The fourth-order valence-corrected chi connectivity index (χ4v) is 3.16. The average Bonchev–Trinajstić information content (AvgIpc) is 2.61. The Kier molecular flexibility index (Phi) is 5.45. The topological polar surface area (TPSA) is 82.4 Å². The van der Waals surface area contributed by atoms with Crippen LogP contribution in [0.5, 0.6) is 0 Å². The summed E-state index contributed by atoms with van der Waals surface area (Å²) in [5.74, 6) is -0.249. The molecule has 0 unspecified atom stereocenters. The van der Waals surface area contributed by atoms with E-state index in [2.05, 4.69) is 10.4 Å².